The Balaban J connectivity index is 1.23. The van der Waals surface area contributed by atoms with E-state index in [1.54, 1.807) is 0 Å². The zero-order chi connectivity index (χ0) is 39.2. The molecule has 0 N–H and O–H groups in total. The Kier molecular flexibility index (Phi) is 15.1. The predicted octanol–water partition coefficient (Wildman–Crippen LogP) is 9.10. The summed E-state index contributed by atoms with van der Waals surface area (Å²) >= 11 is 0. The minimum absolute atomic E-state index is 0.0242. The average Bonchev–Trinajstić information content (AvgIpc) is 3.25. The van der Waals surface area contributed by atoms with Gasteiger partial charge in [-0.2, -0.15) is 0 Å². The van der Waals surface area contributed by atoms with Gasteiger partial charge in [0.1, 0.15) is 30.5 Å². The van der Waals surface area contributed by atoms with Crippen LogP contribution in [0.2, 0.25) is 0 Å². The molecule has 0 radical (unpaired) electrons. The van der Waals surface area contributed by atoms with Crippen molar-refractivity contribution in [3.63, 3.8) is 0 Å². The lowest BCUT2D eigenvalue weighted by Gasteiger charge is -2.49. The highest BCUT2D eigenvalue weighted by molar-refractivity contribution is 5.17. The first-order valence-corrected chi connectivity index (χ1v) is 20.2. The molecule has 2 saturated heterocycles. The summed E-state index contributed by atoms with van der Waals surface area (Å²) in [4.78, 5) is 0. The van der Waals surface area contributed by atoms with Gasteiger partial charge in [0.25, 0.3) is 0 Å². The number of hydrogen-bond acceptors (Lipinski definition) is 8. The lowest BCUT2D eigenvalue weighted by Crippen LogP contribution is -2.64. The van der Waals surface area contributed by atoms with Gasteiger partial charge in [-0.1, -0.05) is 159 Å². The van der Waals surface area contributed by atoms with Crippen LogP contribution < -0.4 is 0 Å². The SMILES string of the molecule is CC1[C@H](C)OC(C)[C@H](OCc2ccccc2)[C@@H]1O[C@H]1O[C@@H](COCc2ccccc2)[C@@H](OCc2ccccc2)C(OCc2ccccc2)C1OCc1ccccc1. The van der Waals surface area contributed by atoms with Crippen molar-refractivity contribution in [2.24, 2.45) is 5.92 Å². The largest absolute Gasteiger partial charge is 0.374 e. The first-order valence-electron chi connectivity index (χ1n) is 20.2. The van der Waals surface area contributed by atoms with Crippen LogP contribution >= 0.6 is 0 Å². The Bertz CT molecular complexity index is 1850. The zero-order valence-electron chi connectivity index (χ0n) is 33.2. The molecule has 8 heteroatoms. The normalized spacial score (nSPS) is 27.6. The van der Waals surface area contributed by atoms with E-state index in [0.717, 1.165) is 27.8 Å². The van der Waals surface area contributed by atoms with Crippen LogP contribution in [-0.4, -0.2) is 61.7 Å². The summed E-state index contributed by atoms with van der Waals surface area (Å²) in [5.41, 5.74) is 5.26. The maximum absolute atomic E-state index is 7.23. The molecule has 0 amide bonds. The summed E-state index contributed by atoms with van der Waals surface area (Å²) in [5, 5.41) is 0. The van der Waals surface area contributed by atoms with Gasteiger partial charge < -0.3 is 37.9 Å². The lowest BCUT2D eigenvalue weighted by atomic mass is 9.88. The minimum atomic E-state index is -0.857. The van der Waals surface area contributed by atoms with Crippen LogP contribution in [0.5, 0.6) is 0 Å². The molecule has 57 heavy (non-hydrogen) atoms. The molecule has 0 spiro atoms. The van der Waals surface area contributed by atoms with Crippen molar-refractivity contribution in [2.45, 2.75) is 109 Å². The molecule has 10 atom stereocenters. The van der Waals surface area contributed by atoms with E-state index in [9.17, 15) is 0 Å². The van der Waals surface area contributed by atoms with E-state index in [1.165, 1.54) is 0 Å². The Morgan fingerprint density at radius 2 is 0.772 bits per heavy atom. The fraction of sp³-hybridized carbons (Fsp3) is 0.388. The van der Waals surface area contributed by atoms with Gasteiger partial charge in [0, 0.05) is 5.92 Å². The monoisotopic (exact) mass is 772 g/mol. The van der Waals surface area contributed by atoms with Gasteiger partial charge in [0.15, 0.2) is 6.29 Å². The minimum Gasteiger partial charge on any atom is -0.374 e. The van der Waals surface area contributed by atoms with Crippen molar-refractivity contribution in [2.75, 3.05) is 6.61 Å². The van der Waals surface area contributed by atoms with Gasteiger partial charge in [-0.3, -0.25) is 0 Å². The van der Waals surface area contributed by atoms with Gasteiger partial charge in [0.2, 0.25) is 0 Å². The maximum atomic E-state index is 7.23. The van der Waals surface area contributed by atoms with E-state index in [0.29, 0.717) is 33.0 Å². The molecule has 2 aliphatic heterocycles. The molecule has 0 saturated carbocycles. The topological polar surface area (TPSA) is 73.8 Å². The standard InChI is InChI=1S/C49H56O8/c1-35-36(2)55-37(3)45(51-30-39-21-11-5-12-22-39)44(35)57-49-48(54-33-42-27-17-8-18-28-42)47(53-32-41-25-15-7-16-26-41)46(52-31-40-23-13-6-14-24-40)43(56-49)34-50-29-38-19-9-4-10-20-38/h4-28,35-37,43-49H,29-34H2,1-3H3/t35?,36-,37?,43-,44+,45-,46+,47?,48?,49+/m0/s1. The van der Waals surface area contributed by atoms with E-state index in [1.807, 2.05) is 91.0 Å². The zero-order valence-corrected chi connectivity index (χ0v) is 33.2. The Hall–Kier alpha value is -4.22. The maximum Gasteiger partial charge on any atom is 0.187 e. The lowest BCUT2D eigenvalue weighted by molar-refractivity contribution is -0.354. The van der Waals surface area contributed by atoms with E-state index in [-0.39, 0.29) is 36.9 Å². The van der Waals surface area contributed by atoms with Crippen molar-refractivity contribution < 1.29 is 37.9 Å². The Morgan fingerprint density at radius 1 is 0.386 bits per heavy atom. The van der Waals surface area contributed by atoms with Gasteiger partial charge in [-0.15, -0.1) is 0 Å². The third-order valence-electron chi connectivity index (χ3n) is 10.9. The van der Waals surface area contributed by atoms with Crippen LogP contribution in [0.1, 0.15) is 48.6 Å². The number of ether oxygens (including phenoxy) is 8. The summed E-state index contributed by atoms with van der Waals surface area (Å²) in [6.45, 7) is 8.41. The van der Waals surface area contributed by atoms with E-state index < -0.39 is 30.7 Å². The quantitative estimate of drug-likeness (QED) is 0.0874. The highest BCUT2D eigenvalue weighted by Crippen LogP contribution is 2.37. The van der Waals surface area contributed by atoms with E-state index in [4.69, 9.17) is 37.9 Å². The van der Waals surface area contributed by atoms with Crippen molar-refractivity contribution in [3.05, 3.63) is 179 Å². The molecule has 7 rings (SSSR count). The summed E-state index contributed by atoms with van der Waals surface area (Å²) in [6, 6.07) is 50.8. The van der Waals surface area contributed by atoms with Crippen LogP contribution in [-0.2, 0) is 70.9 Å². The molecule has 5 aromatic rings. The third-order valence-corrected chi connectivity index (χ3v) is 10.9. The molecule has 0 aliphatic carbocycles. The predicted molar refractivity (Wildman–Crippen MR) is 219 cm³/mol. The second-order valence-electron chi connectivity index (χ2n) is 15.1. The highest BCUT2D eigenvalue weighted by Gasteiger charge is 2.52. The summed E-state index contributed by atoms with van der Waals surface area (Å²) in [7, 11) is 0. The summed E-state index contributed by atoms with van der Waals surface area (Å²) in [5.74, 6) is -0.0242. The molecule has 4 unspecified atom stereocenters. The van der Waals surface area contributed by atoms with Crippen LogP contribution in [0.15, 0.2) is 152 Å². The third kappa shape index (κ3) is 11.5. The fourth-order valence-electron chi connectivity index (χ4n) is 7.58. The first kappa shape index (κ1) is 41.0. The molecular weight excluding hydrogens is 717 g/mol. The van der Waals surface area contributed by atoms with Gasteiger partial charge in [0.05, 0.1) is 58.0 Å². The molecule has 2 fully saturated rings. The first-order chi connectivity index (χ1) is 28.0. The van der Waals surface area contributed by atoms with E-state index in [2.05, 4.69) is 81.4 Å². The van der Waals surface area contributed by atoms with Crippen LogP contribution in [0, 0.1) is 5.92 Å². The average molecular weight is 773 g/mol. The molecular formula is C49H56O8. The molecule has 0 aromatic heterocycles. The van der Waals surface area contributed by atoms with Crippen LogP contribution in [0.3, 0.4) is 0 Å². The second kappa shape index (κ2) is 21.0. The van der Waals surface area contributed by atoms with Crippen molar-refractivity contribution in [1.82, 2.24) is 0 Å². The Morgan fingerprint density at radius 3 is 1.23 bits per heavy atom. The number of rotatable bonds is 18. The van der Waals surface area contributed by atoms with Crippen molar-refractivity contribution >= 4 is 0 Å². The summed E-state index contributed by atoms with van der Waals surface area (Å²) in [6.07, 6.45) is -4.34. The number of hydrogen-bond donors (Lipinski definition) is 0. The second-order valence-corrected chi connectivity index (χ2v) is 15.1. The molecule has 2 aliphatic rings. The van der Waals surface area contributed by atoms with E-state index >= 15 is 0 Å². The Labute approximate surface area is 337 Å². The van der Waals surface area contributed by atoms with Crippen molar-refractivity contribution in [1.29, 1.82) is 0 Å². The molecule has 0 bridgehead atoms. The van der Waals surface area contributed by atoms with Crippen LogP contribution in [0.4, 0.5) is 0 Å². The summed E-state index contributed by atoms with van der Waals surface area (Å²) < 4.78 is 54.6. The number of benzene rings is 5. The molecule has 300 valence electrons. The smallest absolute Gasteiger partial charge is 0.187 e. The molecule has 5 aromatic carbocycles. The van der Waals surface area contributed by atoms with Crippen LogP contribution in [0.25, 0.3) is 0 Å². The van der Waals surface area contributed by atoms with Gasteiger partial charge in [-0.05, 0) is 41.7 Å². The molecule has 2 heterocycles. The highest BCUT2D eigenvalue weighted by atomic mass is 16.7. The van der Waals surface area contributed by atoms with Gasteiger partial charge >= 0.3 is 0 Å². The fourth-order valence-corrected chi connectivity index (χ4v) is 7.58. The molecule has 8 nitrogen and oxygen atoms in total. The van der Waals surface area contributed by atoms with Gasteiger partial charge in [-0.25, -0.2) is 0 Å². The van der Waals surface area contributed by atoms with Crippen molar-refractivity contribution in [3.8, 4) is 0 Å².